The van der Waals surface area contributed by atoms with Gasteiger partial charge in [-0.25, -0.2) is 4.79 Å². The third kappa shape index (κ3) is 4.08. The fourth-order valence-electron chi connectivity index (χ4n) is 1.94. The van der Waals surface area contributed by atoms with Gasteiger partial charge in [0.1, 0.15) is 0 Å². The molecule has 1 heterocycles. The van der Waals surface area contributed by atoms with Gasteiger partial charge < -0.3 is 14.5 Å². The Morgan fingerprint density at radius 2 is 2.07 bits per heavy atom. The Balaban J connectivity index is 2.25. The number of hydrogen-bond acceptors (Lipinski definition) is 3. The van der Waals surface area contributed by atoms with E-state index in [0.717, 1.165) is 19.6 Å². The standard InChI is InChI=1S/C11H22N2O2/c1-4-15-11(14)13(3)9-10-5-7-12(2)8-6-10/h10H,4-9H2,1-3H3. The first-order valence-corrected chi connectivity index (χ1v) is 5.70. The molecule has 1 aliphatic heterocycles. The molecule has 0 N–H and O–H groups in total. The van der Waals surface area contributed by atoms with Crippen LogP contribution in [-0.4, -0.2) is 56.2 Å². The molecule has 4 heteroatoms. The fourth-order valence-corrected chi connectivity index (χ4v) is 1.94. The van der Waals surface area contributed by atoms with Gasteiger partial charge in [0.15, 0.2) is 0 Å². The lowest BCUT2D eigenvalue weighted by atomic mass is 9.97. The molecule has 0 aromatic rings. The second-order valence-electron chi connectivity index (χ2n) is 4.33. The van der Waals surface area contributed by atoms with Crippen LogP contribution in [0.3, 0.4) is 0 Å². The second kappa shape index (κ2) is 5.95. The molecule has 1 saturated heterocycles. The smallest absolute Gasteiger partial charge is 0.409 e. The van der Waals surface area contributed by atoms with Gasteiger partial charge in [-0.15, -0.1) is 0 Å². The summed E-state index contributed by atoms with van der Waals surface area (Å²) in [5.41, 5.74) is 0. The maximum Gasteiger partial charge on any atom is 0.409 e. The fraction of sp³-hybridized carbons (Fsp3) is 0.909. The van der Waals surface area contributed by atoms with E-state index in [9.17, 15) is 4.79 Å². The predicted molar refractivity (Wildman–Crippen MR) is 59.9 cm³/mol. The van der Waals surface area contributed by atoms with E-state index in [0.29, 0.717) is 12.5 Å². The predicted octanol–water partition coefficient (Wildman–Crippen LogP) is 1.42. The summed E-state index contributed by atoms with van der Waals surface area (Å²) in [6, 6.07) is 0. The summed E-state index contributed by atoms with van der Waals surface area (Å²) in [7, 11) is 3.96. The van der Waals surface area contributed by atoms with Crippen molar-refractivity contribution in [2.45, 2.75) is 19.8 Å². The molecule has 4 nitrogen and oxygen atoms in total. The van der Waals surface area contributed by atoms with Gasteiger partial charge in [-0.1, -0.05) is 0 Å². The molecule has 1 rings (SSSR count). The molecule has 88 valence electrons. The summed E-state index contributed by atoms with van der Waals surface area (Å²) in [6.07, 6.45) is 2.16. The number of nitrogens with zero attached hydrogens (tertiary/aromatic N) is 2. The summed E-state index contributed by atoms with van der Waals surface area (Å²) < 4.78 is 4.94. The quantitative estimate of drug-likeness (QED) is 0.712. The van der Waals surface area contributed by atoms with Gasteiger partial charge in [-0.05, 0) is 45.8 Å². The van der Waals surface area contributed by atoms with E-state index >= 15 is 0 Å². The zero-order chi connectivity index (χ0) is 11.3. The highest BCUT2D eigenvalue weighted by Gasteiger charge is 2.20. The molecule has 1 aliphatic rings. The molecule has 0 spiro atoms. The minimum Gasteiger partial charge on any atom is -0.450 e. The summed E-state index contributed by atoms with van der Waals surface area (Å²) in [5.74, 6) is 0.635. The van der Waals surface area contributed by atoms with Crippen LogP contribution < -0.4 is 0 Å². The van der Waals surface area contributed by atoms with Gasteiger partial charge in [0, 0.05) is 13.6 Å². The zero-order valence-electron chi connectivity index (χ0n) is 10.0. The van der Waals surface area contributed by atoms with E-state index < -0.39 is 0 Å². The van der Waals surface area contributed by atoms with Crippen LogP contribution in [0.1, 0.15) is 19.8 Å². The van der Waals surface area contributed by atoms with Crippen LogP contribution in [-0.2, 0) is 4.74 Å². The molecule has 0 bridgehead atoms. The van der Waals surface area contributed by atoms with Crippen molar-refractivity contribution >= 4 is 6.09 Å². The van der Waals surface area contributed by atoms with Gasteiger partial charge in [0.25, 0.3) is 0 Å². The summed E-state index contributed by atoms with van der Waals surface area (Å²) >= 11 is 0. The number of ether oxygens (including phenoxy) is 1. The van der Waals surface area contributed by atoms with E-state index in [1.54, 1.807) is 4.90 Å². The Morgan fingerprint density at radius 1 is 1.47 bits per heavy atom. The minimum atomic E-state index is -0.198. The van der Waals surface area contributed by atoms with Crippen LogP contribution >= 0.6 is 0 Å². The van der Waals surface area contributed by atoms with Crippen molar-refractivity contribution in [3.8, 4) is 0 Å². The lowest BCUT2D eigenvalue weighted by Crippen LogP contribution is -2.38. The maximum absolute atomic E-state index is 11.4. The molecule has 0 radical (unpaired) electrons. The highest BCUT2D eigenvalue weighted by Crippen LogP contribution is 2.16. The van der Waals surface area contributed by atoms with Gasteiger partial charge in [-0.3, -0.25) is 0 Å². The van der Waals surface area contributed by atoms with Gasteiger partial charge in [0.05, 0.1) is 6.61 Å². The van der Waals surface area contributed by atoms with Crippen LogP contribution in [0.2, 0.25) is 0 Å². The minimum absolute atomic E-state index is 0.198. The van der Waals surface area contributed by atoms with Crippen molar-refractivity contribution in [3.05, 3.63) is 0 Å². The summed E-state index contributed by atoms with van der Waals surface area (Å²) in [5, 5.41) is 0. The summed E-state index contributed by atoms with van der Waals surface area (Å²) in [4.78, 5) is 15.4. The van der Waals surface area contributed by atoms with Crippen LogP contribution in [0.5, 0.6) is 0 Å². The van der Waals surface area contributed by atoms with Crippen molar-refractivity contribution in [2.24, 2.45) is 5.92 Å². The molecule has 0 aliphatic carbocycles. The molecular formula is C11H22N2O2. The van der Waals surface area contributed by atoms with Crippen molar-refractivity contribution in [2.75, 3.05) is 40.3 Å². The number of carbonyl (C=O) groups is 1. The van der Waals surface area contributed by atoms with Crippen molar-refractivity contribution in [3.63, 3.8) is 0 Å². The highest BCUT2D eigenvalue weighted by atomic mass is 16.5. The topological polar surface area (TPSA) is 32.8 Å². The van der Waals surface area contributed by atoms with E-state index in [1.807, 2.05) is 14.0 Å². The molecule has 0 unspecified atom stereocenters. The van der Waals surface area contributed by atoms with E-state index in [-0.39, 0.29) is 6.09 Å². The monoisotopic (exact) mass is 214 g/mol. The Morgan fingerprint density at radius 3 is 2.60 bits per heavy atom. The number of rotatable bonds is 3. The molecule has 15 heavy (non-hydrogen) atoms. The maximum atomic E-state index is 11.4. The highest BCUT2D eigenvalue weighted by molar-refractivity contribution is 5.67. The third-order valence-electron chi connectivity index (χ3n) is 2.95. The molecule has 0 aromatic carbocycles. The Hall–Kier alpha value is -0.770. The largest absolute Gasteiger partial charge is 0.450 e. The van der Waals surface area contributed by atoms with Crippen LogP contribution in [0.4, 0.5) is 4.79 Å². The molecular weight excluding hydrogens is 192 g/mol. The van der Waals surface area contributed by atoms with Gasteiger partial charge in [-0.2, -0.15) is 0 Å². The molecule has 1 amide bonds. The Bertz CT molecular complexity index is 201. The second-order valence-corrected chi connectivity index (χ2v) is 4.33. The first-order chi connectivity index (χ1) is 7.13. The normalized spacial score (nSPS) is 18.9. The lowest BCUT2D eigenvalue weighted by Gasteiger charge is -2.31. The third-order valence-corrected chi connectivity index (χ3v) is 2.95. The van der Waals surface area contributed by atoms with Crippen molar-refractivity contribution in [1.82, 2.24) is 9.80 Å². The van der Waals surface area contributed by atoms with Gasteiger partial charge in [0.2, 0.25) is 0 Å². The molecule has 0 atom stereocenters. The van der Waals surface area contributed by atoms with Crippen molar-refractivity contribution in [1.29, 1.82) is 0 Å². The number of hydrogen-bond donors (Lipinski definition) is 0. The average Bonchev–Trinajstić information content (AvgIpc) is 2.22. The van der Waals surface area contributed by atoms with E-state index in [2.05, 4.69) is 11.9 Å². The molecule has 0 saturated carbocycles. The van der Waals surface area contributed by atoms with Crippen LogP contribution in [0.25, 0.3) is 0 Å². The summed E-state index contributed by atoms with van der Waals surface area (Å²) in [6.45, 7) is 5.40. The lowest BCUT2D eigenvalue weighted by molar-refractivity contribution is 0.103. The van der Waals surface area contributed by atoms with E-state index in [1.165, 1.54) is 12.8 Å². The number of piperidine rings is 1. The molecule has 1 fully saturated rings. The van der Waals surface area contributed by atoms with Gasteiger partial charge >= 0.3 is 6.09 Å². The Labute approximate surface area is 92.2 Å². The SMILES string of the molecule is CCOC(=O)N(C)CC1CCN(C)CC1. The van der Waals surface area contributed by atoms with Crippen LogP contribution in [0, 0.1) is 5.92 Å². The Kier molecular flexibility index (Phi) is 4.88. The number of carbonyl (C=O) groups excluding carboxylic acids is 1. The van der Waals surface area contributed by atoms with Crippen molar-refractivity contribution < 1.29 is 9.53 Å². The number of likely N-dealkylation sites (tertiary alicyclic amines) is 1. The first-order valence-electron chi connectivity index (χ1n) is 5.70. The van der Waals surface area contributed by atoms with Crippen LogP contribution in [0.15, 0.2) is 0 Å². The average molecular weight is 214 g/mol. The molecule has 0 aromatic heterocycles. The zero-order valence-corrected chi connectivity index (χ0v) is 10.0. The first kappa shape index (κ1) is 12.3. The number of amides is 1. The van der Waals surface area contributed by atoms with E-state index in [4.69, 9.17) is 4.74 Å².